The fourth-order valence-electron chi connectivity index (χ4n) is 0.598. The van der Waals surface area contributed by atoms with Crippen LogP contribution in [0.25, 0.3) is 0 Å². The second-order valence-electron chi connectivity index (χ2n) is 1.82. The van der Waals surface area contributed by atoms with Gasteiger partial charge >= 0.3 is 0 Å². The van der Waals surface area contributed by atoms with Crippen molar-refractivity contribution in [3.63, 3.8) is 0 Å². The van der Waals surface area contributed by atoms with E-state index < -0.39 is 0 Å². The molecule has 9 heavy (non-hydrogen) atoms. The summed E-state index contributed by atoms with van der Waals surface area (Å²) >= 11 is 4.13. The van der Waals surface area contributed by atoms with E-state index in [4.69, 9.17) is 0 Å². The monoisotopic (exact) mass is 253 g/mol. The van der Waals surface area contributed by atoms with Gasteiger partial charge in [0.2, 0.25) is 0 Å². The largest absolute Gasteiger partial charge is 0.247 e. The summed E-state index contributed by atoms with van der Waals surface area (Å²) in [5, 5.41) is 3.36. The van der Waals surface area contributed by atoms with Crippen molar-refractivity contribution < 1.29 is 0 Å². The Bertz CT molecular complexity index is 185. The molecule has 1 aromatic heterocycles. The third-order valence-corrected chi connectivity index (χ3v) is 2.54. The molecule has 0 aliphatic carbocycles. The first-order valence-corrected chi connectivity index (χ1v) is 5.20. The zero-order valence-electron chi connectivity index (χ0n) is 5.22. The van der Waals surface area contributed by atoms with Crippen molar-refractivity contribution >= 4 is 33.9 Å². The lowest BCUT2D eigenvalue weighted by molar-refractivity contribution is 1.09. The third-order valence-electron chi connectivity index (χ3n) is 0.975. The van der Waals surface area contributed by atoms with Crippen LogP contribution in [0.1, 0.15) is 10.7 Å². The predicted octanol–water partition coefficient (Wildman–Crippen LogP) is 2.43. The Morgan fingerprint density at radius 3 is 3.00 bits per heavy atom. The van der Waals surface area contributed by atoms with E-state index in [0.29, 0.717) is 0 Å². The summed E-state index contributed by atoms with van der Waals surface area (Å²) in [5.74, 6) is 0. The van der Waals surface area contributed by atoms with Crippen molar-refractivity contribution in [1.29, 1.82) is 0 Å². The van der Waals surface area contributed by atoms with Crippen LogP contribution in [0.5, 0.6) is 0 Å². The van der Waals surface area contributed by atoms with Crippen molar-refractivity contribution in [3.05, 3.63) is 16.1 Å². The van der Waals surface area contributed by atoms with Crippen molar-refractivity contribution in [2.75, 3.05) is 4.43 Å². The Kier molecular flexibility index (Phi) is 2.91. The molecule has 0 aliphatic rings. The smallest absolute Gasteiger partial charge is 0.0935 e. The summed E-state index contributed by atoms with van der Waals surface area (Å²) in [6, 6.07) is 0. The highest BCUT2D eigenvalue weighted by Crippen LogP contribution is 2.09. The fourth-order valence-corrected chi connectivity index (χ4v) is 2.25. The number of halogens is 1. The van der Waals surface area contributed by atoms with E-state index in [1.807, 2.05) is 6.92 Å². The number of aromatic nitrogens is 1. The van der Waals surface area contributed by atoms with E-state index >= 15 is 0 Å². The molecule has 1 rings (SSSR count). The van der Waals surface area contributed by atoms with Crippen LogP contribution >= 0.6 is 33.9 Å². The molecule has 0 unspecified atom stereocenters. The second kappa shape index (κ2) is 3.51. The molecular weight excluding hydrogens is 245 g/mol. The molecule has 0 saturated heterocycles. The maximum absolute atomic E-state index is 4.31. The molecule has 0 radical (unpaired) electrons. The van der Waals surface area contributed by atoms with Crippen LogP contribution in [0.2, 0.25) is 0 Å². The predicted molar refractivity (Wildman–Crippen MR) is 49.4 cm³/mol. The van der Waals surface area contributed by atoms with E-state index in [0.717, 1.165) is 12.1 Å². The maximum Gasteiger partial charge on any atom is 0.0935 e. The van der Waals surface area contributed by atoms with Crippen molar-refractivity contribution in [1.82, 2.24) is 4.98 Å². The summed E-state index contributed by atoms with van der Waals surface area (Å²) < 4.78 is 1.17. The molecule has 50 valence electrons. The number of alkyl halides is 1. The highest BCUT2D eigenvalue weighted by molar-refractivity contribution is 14.1. The lowest BCUT2D eigenvalue weighted by atomic mass is 10.5. The van der Waals surface area contributed by atoms with Crippen LogP contribution in [-0.2, 0) is 6.42 Å². The summed E-state index contributed by atoms with van der Waals surface area (Å²) in [6.07, 6.45) is 1.12. The number of thiazole rings is 1. The van der Waals surface area contributed by atoms with E-state index in [1.54, 1.807) is 11.3 Å². The summed E-state index contributed by atoms with van der Waals surface area (Å²) in [5.41, 5.74) is 1.15. The lowest BCUT2D eigenvalue weighted by Gasteiger charge is -1.84. The molecule has 1 heterocycles. The Morgan fingerprint density at radius 1 is 1.78 bits per heavy atom. The van der Waals surface area contributed by atoms with Crippen molar-refractivity contribution in [2.45, 2.75) is 13.3 Å². The van der Waals surface area contributed by atoms with Crippen LogP contribution in [0.3, 0.4) is 0 Å². The topological polar surface area (TPSA) is 12.9 Å². The normalized spacial score (nSPS) is 10.0. The molecule has 0 saturated carbocycles. The molecule has 0 aromatic carbocycles. The first kappa shape index (κ1) is 7.47. The molecule has 0 spiro atoms. The van der Waals surface area contributed by atoms with Gasteiger partial charge in [-0.15, -0.1) is 11.3 Å². The molecule has 0 N–H and O–H groups in total. The molecule has 1 nitrogen and oxygen atoms in total. The summed E-state index contributed by atoms with van der Waals surface area (Å²) in [4.78, 5) is 4.31. The zero-order valence-corrected chi connectivity index (χ0v) is 8.20. The van der Waals surface area contributed by atoms with Crippen LogP contribution < -0.4 is 0 Å². The van der Waals surface area contributed by atoms with Gasteiger partial charge in [0.1, 0.15) is 0 Å². The van der Waals surface area contributed by atoms with Gasteiger partial charge < -0.3 is 0 Å². The average molecular weight is 253 g/mol. The number of aryl methyl sites for hydroxylation is 2. The minimum atomic E-state index is 1.12. The fraction of sp³-hybridized carbons (Fsp3) is 0.500. The average Bonchev–Trinajstić information content (AvgIpc) is 2.17. The van der Waals surface area contributed by atoms with Gasteiger partial charge in [-0.2, -0.15) is 0 Å². The van der Waals surface area contributed by atoms with Gasteiger partial charge in [-0.05, 0) is 6.92 Å². The summed E-state index contributed by atoms with van der Waals surface area (Å²) in [7, 11) is 0. The Balaban J connectivity index is 2.61. The van der Waals surface area contributed by atoms with E-state index in [-0.39, 0.29) is 0 Å². The van der Waals surface area contributed by atoms with Crippen LogP contribution in [-0.4, -0.2) is 9.41 Å². The van der Waals surface area contributed by atoms with E-state index in [2.05, 4.69) is 33.0 Å². The first-order valence-electron chi connectivity index (χ1n) is 2.80. The van der Waals surface area contributed by atoms with Crippen LogP contribution in [0.15, 0.2) is 5.38 Å². The number of nitrogens with zero attached hydrogens (tertiary/aromatic N) is 1. The third kappa shape index (κ3) is 2.21. The highest BCUT2D eigenvalue weighted by Gasteiger charge is 1.94. The van der Waals surface area contributed by atoms with Gasteiger partial charge in [0.15, 0.2) is 0 Å². The Labute approximate surface area is 72.6 Å². The second-order valence-corrected chi connectivity index (χ2v) is 3.84. The molecule has 3 heteroatoms. The number of hydrogen-bond donors (Lipinski definition) is 0. The highest BCUT2D eigenvalue weighted by atomic mass is 127. The zero-order chi connectivity index (χ0) is 6.69. The Hall–Kier alpha value is 0.360. The molecular formula is C6H8INS. The Morgan fingerprint density at radius 2 is 2.56 bits per heavy atom. The minimum Gasteiger partial charge on any atom is -0.247 e. The molecule has 0 atom stereocenters. The SMILES string of the molecule is Cc1csc(CCI)n1. The molecule has 0 amide bonds. The minimum absolute atomic E-state index is 1.12. The summed E-state index contributed by atoms with van der Waals surface area (Å²) in [6.45, 7) is 2.03. The van der Waals surface area contributed by atoms with Gasteiger partial charge in [0.05, 0.1) is 5.01 Å². The van der Waals surface area contributed by atoms with Gasteiger partial charge in [-0.3, -0.25) is 0 Å². The van der Waals surface area contributed by atoms with Gasteiger partial charge in [0.25, 0.3) is 0 Å². The maximum atomic E-state index is 4.31. The van der Waals surface area contributed by atoms with Crippen LogP contribution in [0, 0.1) is 6.92 Å². The quantitative estimate of drug-likeness (QED) is 0.582. The van der Waals surface area contributed by atoms with Crippen molar-refractivity contribution in [2.24, 2.45) is 0 Å². The van der Waals surface area contributed by atoms with E-state index in [9.17, 15) is 0 Å². The molecule has 0 bridgehead atoms. The standard InChI is InChI=1S/C6H8INS/c1-5-4-9-6(8-5)2-3-7/h4H,2-3H2,1H3. The van der Waals surface area contributed by atoms with Gasteiger partial charge in [0, 0.05) is 21.9 Å². The number of hydrogen-bond acceptors (Lipinski definition) is 2. The van der Waals surface area contributed by atoms with Gasteiger partial charge in [-0.25, -0.2) is 4.98 Å². The van der Waals surface area contributed by atoms with E-state index in [1.165, 1.54) is 9.44 Å². The molecule has 0 fully saturated rings. The lowest BCUT2D eigenvalue weighted by Crippen LogP contribution is -1.82. The van der Waals surface area contributed by atoms with Crippen molar-refractivity contribution in [3.8, 4) is 0 Å². The number of rotatable bonds is 2. The molecule has 1 aromatic rings. The van der Waals surface area contributed by atoms with Gasteiger partial charge in [-0.1, -0.05) is 22.6 Å². The molecule has 0 aliphatic heterocycles. The first-order chi connectivity index (χ1) is 4.33. The van der Waals surface area contributed by atoms with Crippen LogP contribution in [0.4, 0.5) is 0 Å².